The van der Waals surface area contributed by atoms with Crippen molar-refractivity contribution in [1.82, 2.24) is 4.90 Å². The van der Waals surface area contributed by atoms with Crippen molar-refractivity contribution in [2.45, 2.75) is 49.3 Å². The van der Waals surface area contributed by atoms with Crippen molar-refractivity contribution in [3.8, 4) is 11.5 Å². The zero-order valence-electron chi connectivity index (χ0n) is 13.6. The van der Waals surface area contributed by atoms with E-state index in [9.17, 15) is 5.11 Å². The molecular formula is C18H24INO3. The fourth-order valence-corrected chi connectivity index (χ4v) is 5.86. The van der Waals surface area contributed by atoms with Gasteiger partial charge in [-0.3, -0.25) is 0 Å². The predicted octanol–water partition coefficient (Wildman–Crippen LogP) is 2.34. The van der Waals surface area contributed by atoms with E-state index in [-0.39, 0.29) is 41.6 Å². The smallest absolute Gasteiger partial charge is 0.165 e. The van der Waals surface area contributed by atoms with Crippen LogP contribution in [0.25, 0.3) is 0 Å². The number of ether oxygens (including phenoxy) is 2. The van der Waals surface area contributed by atoms with Crippen molar-refractivity contribution in [3.05, 3.63) is 23.3 Å². The molecule has 0 radical (unpaired) electrons. The van der Waals surface area contributed by atoms with Gasteiger partial charge in [-0.2, -0.15) is 0 Å². The third-order valence-electron chi connectivity index (χ3n) is 6.77. The SMILES string of the molecule is COc1ccc2c3c1O[C@H]1[C@H](O)CC[C@H]4[C@@H](C2)N(C)CC[C@@]341.I. The lowest BCUT2D eigenvalue weighted by molar-refractivity contribution is -0.0993. The number of rotatable bonds is 1. The maximum atomic E-state index is 10.6. The van der Waals surface area contributed by atoms with E-state index in [0.29, 0.717) is 12.0 Å². The highest BCUT2D eigenvalue weighted by atomic mass is 127. The number of hydrogen-bond donors (Lipinski definition) is 1. The summed E-state index contributed by atoms with van der Waals surface area (Å²) < 4.78 is 11.9. The van der Waals surface area contributed by atoms with Crippen LogP contribution in [-0.2, 0) is 11.8 Å². The average molecular weight is 429 g/mol. The van der Waals surface area contributed by atoms with Gasteiger partial charge in [0.05, 0.1) is 13.2 Å². The fourth-order valence-electron chi connectivity index (χ4n) is 5.86. The first-order valence-electron chi connectivity index (χ1n) is 8.42. The molecule has 1 aromatic carbocycles. The predicted molar refractivity (Wildman–Crippen MR) is 98.0 cm³/mol. The number of benzene rings is 1. The quantitative estimate of drug-likeness (QED) is 0.697. The van der Waals surface area contributed by atoms with Gasteiger partial charge >= 0.3 is 0 Å². The topological polar surface area (TPSA) is 41.9 Å². The lowest BCUT2D eigenvalue weighted by atomic mass is 9.51. The van der Waals surface area contributed by atoms with Gasteiger partial charge < -0.3 is 19.5 Å². The van der Waals surface area contributed by atoms with Gasteiger partial charge in [0.15, 0.2) is 11.5 Å². The van der Waals surface area contributed by atoms with Crippen LogP contribution in [0.3, 0.4) is 0 Å². The molecule has 2 aliphatic heterocycles. The molecule has 0 unspecified atom stereocenters. The highest BCUT2D eigenvalue weighted by Crippen LogP contribution is 2.63. The van der Waals surface area contributed by atoms with E-state index in [1.807, 2.05) is 6.07 Å². The number of aliphatic hydroxyl groups is 1. The van der Waals surface area contributed by atoms with Gasteiger partial charge in [-0.05, 0) is 56.8 Å². The Morgan fingerprint density at radius 1 is 1.35 bits per heavy atom. The summed E-state index contributed by atoms with van der Waals surface area (Å²) in [5, 5.41) is 10.6. The summed E-state index contributed by atoms with van der Waals surface area (Å²) in [7, 11) is 3.96. The van der Waals surface area contributed by atoms with Crippen LogP contribution in [0.2, 0.25) is 0 Å². The van der Waals surface area contributed by atoms with E-state index in [1.54, 1.807) is 7.11 Å². The molecule has 2 fully saturated rings. The van der Waals surface area contributed by atoms with Crippen LogP contribution < -0.4 is 9.47 Å². The van der Waals surface area contributed by atoms with Crippen LogP contribution in [0, 0.1) is 5.92 Å². The Bertz CT molecular complexity index is 651. The Morgan fingerprint density at radius 2 is 2.17 bits per heavy atom. The Balaban J connectivity index is 0.00000135. The molecule has 0 aromatic heterocycles. The Hall–Kier alpha value is -0.530. The highest BCUT2D eigenvalue weighted by Gasteiger charge is 2.65. The minimum Gasteiger partial charge on any atom is -0.493 e. The molecule has 0 amide bonds. The Labute approximate surface area is 154 Å². The van der Waals surface area contributed by atoms with Crippen LogP contribution in [0.15, 0.2) is 12.1 Å². The van der Waals surface area contributed by atoms with Gasteiger partial charge in [0.1, 0.15) is 6.10 Å². The summed E-state index contributed by atoms with van der Waals surface area (Å²) in [6.45, 7) is 1.09. The van der Waals surface area contributed by atoms with Gasteiger partial charge in [-0.15, -0.1) is 24.0 Å². The minimum atomic E-state index is -0.358. The molecule has 2 bridgehead atoms. The second-order valence-electron chi connectivity index (χ2n) is 7.46. The van der Waals surface area contributed by atoms with E-state index in [4.69, 9.17) is 9.47 Å². The molecule has 5 heteroatoms. The first-order chi connectivity index (χ1) is 10.7. The zero-order chi connectivity index (χ0) is 15.1. The van der Waals surface area contributed by atoms with Gasteiger partial charge in [0.2, 0.25) is 0 Å². The summed E-state index contributed by atoms with van der Waals surface area (Å²) in [5.74, 6) is 2.34. The highest BCUT2D eigenvalue weighted by molar-refractivity contribution is 14.0. The van der Waals surface area contributed by atoms with E-state index in [2.05, 4.69) is 18.0 Å². The standard InChI is InChI=1S/C18H23NO3.HI/c1-19-8-7-18-11-4-5-13(20)17(18)22-16-14(21-2)6-3-10(15(16)18)9-12(11)19;/h3,6,11-13,17,20H,4-5,7-9H2,1-2H3;1H/t11-,12+,13+,17-,18-;/m0./s1. The van der Waals surface area contributed by atoms with Gasteiger partial charge in [-0.25, -0.2) is 0 Å². The Morgan fingerprint density at radius 3 is 2.96 bits per heavy atom. The maximum absolute atomic E-state index is 10.6. The molecule has 5 atom stereocenters. The number of hydrogen-bond acceptors (Lipinski definition) is 4. The number of halogens is 1. The van der Waals surface area contributed by atoms with Gasteiger partial charge in [-0.1, -0.05) is 6.07 Å². The lowest BCUT2D eigenvalue weighted by Gasteiger charge is -2.58. The monoisotopic (exact) mass is 429 g/mol. The molecule has 1 N–H and O–H groups in total. The molecule has 1 spiro atoms. The van der Waals surface area contributed by atoms with E-state index >= 15 is 0 Å². The molecule has 2 aliphatic carbocycles. The number of nitrogens with zero attached hydrogens (tertiary/aromatic N) is 1. The van der Waals surface area contributed by atoms with E-state index in [0.717, 1.165) is 43.7 Å². The number of likely N-dealkylation sites (tertiary alicyclic amines) is 1. The molecule has 126 valence electrons. The third kappa shape index (κ3) is 1.79. The molecule has 5 rings (SSSR count). The largest absolute Gasteiger partial charge is 0.493 e. The first kappa shape index (κ1) is 16.0. The van der Waals surface area contributed by atoms with Crippen molar-refractivity contribution in [2.75, 3.05) is 20.7 Å². The first-order valence-corrected chi connectivity index (χ1v) is 8.42. The van der Waals surface area contributed by atoms with E-state index in [1.165, 1.54) is 11.1 Å². The zero-order valence-corrected chi connectivity index (χ0v) is 15.9. The normalized spacial score (nSPS) is 40.0. The number of likely N-dealkylation sites (N-methyl/N-ethyl adjacent to an activating group) is 1. The van der Waals surface area contributed by atoms with Crippen LogP contribution in [0.1, 0.15) is 30.4 Å². The van der Waals surface area contributed by atoms with Crippen molar-refractivity contribution in [1.29, 1.82) is 0 Å². The van der Waals surface area contributed by atoms with Crippen LogP contribution >= 0.6 is 24.0 Å². The van der Waals surface area contributed by atoms with Crippen molar-refractivity contribution >= 4 is 24.0 Å². The van der Waals surface area contributed by atoms with Crippen LogP contribution in [-0.4, -0.2) is 49.0 Å². The van der Waals surface area contributed by atoms with Crippen LogP contribution in [0.4, 0.5) is 0 Å². The van der Waals surface area contributed by atoms with Crippen molar-refractivity contribution < 1.29 is 14.6 Å². The van der Waals surface area contributed by atoms with E-state index < -0.39 is 0 Å². The second kappa shape index (κ2) is 5.23. The Kier molecular flexibility index (Phi) is 3.63. The molecule has 1 aromatic rings. The fraction of sp³-hybridized carbons (Fsp3) is 0.667. The molecule has 1 saturated heterocycles. The summed E-state index contributed by atoms with van der Waals surface area (Å²) in [5.41, 5.74) is 2.77. The molecular weight excluding hydrogens is 405 g/mol. The summed E-state index contributed by atoms with van der Waals surface area (Å²) in [6, 6.07) is 4.83. The van der Waals surface area contributed by atoms with Crippen LogP contribution in [0.5, 0.6) is 11.5 Å². The molecule has 4 nitrogen and oxygen atoms in total. The number of methoxy groups -OCH3 is 1. The second-order valence-corrected chi connectivity index (χ2v) is 7.46. The molecule has 23 heavy (non-hydrogen) atoms. The van der Waals surface area contributed by atoms with Crippen molar-refractivity contribution in [2.24, 2.45) is 5.92 Å². The number of aliphatic hydroxyl groups excluding tert-OH is 1. The minimum absolute atomic E-state index is 0. The number of piperidine rings is 1. The van der Waals surface area contributed by atoms with Gasteiger partial charge in [0.25, 0.3) is 0 Å². The maximum Gasteiger partial charge on any atom is 0.165 e. The summed E-state index contributed by atoms with van der Waals surface area (Å²) in [4.78, 5) is 2.52. The summed E-state index contributed by atoms with van der Waals surface area (Å²) in [6.07, 6.45) is 3.69. The summed E-state index contributed by atoms with van der Waals surface area (Å²) >= 11 is 0. The molecule has 2 heterocycles. The lowest BCUT2D eigenvalue weighted by Crippen LogP contribution is -2.66. The molecule has 1 saturated carbocycles. The van der Waals surface area contributed by atoms with Crippen molar-refractivity contribution in [3.63, 3.8) is 0 Å². The average Bonchev–Trinajstić information content (AvgIpc) is 2.88. The third-order valence-corrected chi connectivity index (χ3v) is 6.77. The molecule has 4 aliphatic rings. The van der Waals surface area contributed by atoms with Gasteiger partial charge in [0, 0.05) is 17.0 Å².